The van der Waals surface area contributed by atoms with Crippen LogP contribution in [0.2, 0.25) is 0 Å². The molecule has 1 aliphatic heterocycles. The minimum Gasteiger partial charge on any atom is -0.459 e. The quantitative estimate of drug-likeness (QED) is 0.394. The Morgan fingerprint density at radius 3 is 2.58 bits per heavy atom. The molecule has 0 saturated heterocycles. The number of carbonyl (C=O) groups is 2. The van der Waals surface area contributed by atoms with Gasteiger partial charge in [-0.25, -0.2) is 4.79 Å². The molecule has 0 radical (unpaired) electrons. The Morgan fingerprint density at radius 2 is 1.83 bits per heavy atom. The van der Waals surface area contributed by atoms with Crippen molar-refractivity contribution in [3.8, 4) is 0 Å². The topological polar surface area (TPSA) is 136 Å². The number of hydrogen-bond acceptors (Lipinski definition) is 9. The van der Waals surface area contributed by atoms with Crippen LogP contribution < -0.4 is 11.1 Å². The first-order valence-corrected chi connectivity index (χ1v) is 11.4. The molecule has 0 spiro atoms. The van der Waals surface area contributed by atoms with E-state index in [2.05, 4.69) is 20.3 Å². The summed E-state index contributed by atoms with van der Waals surface area (Å²) in [4.78, 5) is 40.3. The summed E-state index contributed by atoms with van der Waals surface area (Å²) in [6.45, 7) is 2.03. The molecule has 0 bridgehead atoms. The standard InChI is InChI=1S/C26H24N6O4/c1-16-8-10-19(11-9-16)28-26-30-22(29-25(27)31-26)15-36-24(34)20-13-17-5-2-3-6-18(17)14-32(20)23(33)21-7-4-12-35-21/h2-12,20H,13-15H2,1H3,(H3,27,28,29,30,31)/t20-/m0/s1. The van der Waals surface area contributed by atoms with E-state index in [1.165, 1.54) is 11.2 Å². The highest BCUT2D eigenvalue weighted by molar-refractivity contribution is 5.95. The first kappa shape index (κ1) is 23.0. The summed E-state index contributed by atoms with van der Waals surface area (Å²) in [5.74, 6) is -0.387. The number of furan rings is 1. The van der Waals surface area contributed by atoms with Crippen LogP contribution >= 0.6 is 0 Å². The molecule has 5 rings (SSSR count). The van der Waals surface area contributed by atoms with Gasteiger partial charge in [-0.1, -0.05) is 42.0 Å². The predicted octanol–water partition coefficient (Wildman–Crippen LogP) is 3.41. The van der Waals surface area contributed by atoms with Crippen LogP contribution in [0.15, 0.2) is 71.3 Å². The van der Waals surface area contributed by atoms with Crippen LogP contribution in [0, 0.1) is 6.92 Å². The molecule has 36 heavy (non-hydrogen) atoms. The molecule has 3 heterocycles. The van der Waals surface area contributed by atoms with Gasteiger partial charge in [0, 0.05) is 18.7 Å². The zero-order valence-electron chi connectivity index (χ0n) is 19.5. The molecule has 0 fully saturated rings. The Balaban J connectivity index is 1.32. The summed E-state index contributed by atoms with van der Waals surface area (Å²) < 4.78 is 10.8. The van der Waals surface area contributed by atoms with Gasteiger partial charge in [0.1, 0.15) is 6.04 Å². The number of anilines is 3. The monoisotopic (exact) mass is 484 g/mol. The zero-order valence-corrected chi connectivity index (χ0v) is 19.5. The predicted molar refractivity (Wildman–Crippen MR) is 131 cm³/mol. The van der Waals surface area contributed by atoms with Crippen molar-refractivity contribution in [1.29, 1.82) is 0 Å². The second kappa shape index (κ2) is 9.87. The lowest BCUT2D eigenvalue weighted by Gasteiger charge is -2.34. The second-order valence-electron chi connectivity index (χ2n) is 8.43. The number of fused-ring (bicyclic) bond motifs is 1. The molecule has 1 atom stereocenters. The minimum absolute atomic E-state index is 0.00752. The maximum absolute atomic E-state index is 13.2. The molecule has 182 valence electrons. The number of amides is 1. The fourth-order valence-corrected chi connectivity index (χ4v) is 4.05. The lowest BCUT2D eigenvalue weighted by Crippen LogP contribution is -2.49. The number of hydrogen-bond donors (Lipinski definition) is 2. The van der Waals surface area contributed by atoms with Crippen LogP contribution in [0.25, 0.3) is 0 Å². The SMILES string of the molecule is Cc1ccc(Nc2nc(N)nc(COC(=O)[C@@H]3Cc4ccccc4CN3C(=O)c3ccco3)n2)cc1. The smallest absolute Gasteiger partial charge is 0.329 e. The highest BCUT2D eigenvalue weighted by atomic mass is 16.5. The molecule has 1 amide bonds. The van der Waals surface area contributed by atoms with Crippen molar-refractivity contribution < 1.29 is 18.7 Å². The average molecular weight is 485 g/mol. The van der Waals surface area contributed by atoms with Crippen molar-refractivity contribution in [1.82, 2.24) is 19.9 Å². The number of nitrogens with one attached hydrogen (secondary N) is 1. The Morgan fingerprint density at radius 1 is 1.06 bits per heavy atom. The molecule has 0 unspecified atom stereocenters. The van der Waals surface area contributed by atoms with Crippen LogP contribution in [0.3, 0.4) is 0 Å². The van der Waals surface area contributed by atoms with Gasteiger partial charge in [0.05, 0.1) is 6.26 Å². The fourth-order valence-electron chi connectivity index (χ4n) is 4.05. The lowest BCUT2D eigenvalue weighted by atomic mass is 9.93. The van der Waals surface area contributed by atoms with E-state index in [0.717, 1.165) is 22.4 Å². The summed E-state index contributed by atoms with van der Waals surface area (Å²) >= 11 is 0. The molecule has 3 N–H and O–H groups in total. The number of nitrogens with zero attached hydrogens (tertiary/aromatic N) is 4. The van der Waals surface area contributed by atoms with Crippen molar-refractivity contribution in [2.24, 2.45) is 0 Å². The first-order valence-electron chi connectivity index (χ1n) is 11.4. The average Bonchev–Trinajstić information content (AvgIpc) is 3.42. The number of benzene rings is 2. The largest absolute Gasteiger partial charge is 0.459 e. The molecule has 10 nitrogen and oxygen atoms in total. The molecule has 1 aliphatic rings. The maximum atomic E-state index is 13.2. The number of aryl methyl sites for hydroxylation is 1. The van der Waals surface area contributed by atoms with Gasteiger partial charge >= 0.3 is 5.97 Å². The van der Waals surface area contributed by atoms with Crippen LogP contribution in [-0.2, 0) is 29.1 Å². The Labute approximate surface area is 207 Å². The molecule has 4 aromatic rings. The zero-order chi connectivity index (χ0) is 25.1. The highest BCUT2D eigenvalue weighted by Crippen LogP contribution is 2.26. The van der Waals surface area contributed by atoms with E-state index in [9.17, 15) is 9.59 Å². The highest BCUT2D eigenvalue weighted by Gasteiger charge is 2.37. The van der Waals surface area contributed by atoms with E-state index in [1.807, 2.05) is 55.5 Å². The van der Waals surface area contributed by atoms with Gasteiger partial charge in [0.15, 0.2) is 18.2 Å². The van der Waals surface area contributed by atoms with Crippen molar-refractivity contribution in [3.63, 3.8) is 0 Å². The van der Waals surface area contributed by atoms with Crippen molar-refractivity contribution in [3.05, 3.63) is 95.2 Å². The van der Waals surface area contributed by atoms with E-state index >= 15 is 0 Å². The number of ether oxygens (including phenoxy) is 1. The van der Waals surface area contributed by atoms with Gasteiger partial charge in [-0.05, 0) is 42.3 Å². The minimum atomic E-state index is -0.832. The summed E-state index contributed by atoms with van der Waals surface area (Å²) in [6.07, 6.45) is 1.74. The third kappa shape index (κ3) is 5.02. The molecule has 10 heteroatoms. The third-order valence-corrected chi connectivity index (χ3v) is 5.86. The van der Waals surface area contributed by atoms with Crippen molar-refractivity contribution in [2.45, 2.75) is 32.5 Å². The van der Waals surface area contributed by atoms with E-state index in [0.29, 0.717) is 6.42 Å². The van der Waals surface area contributed by atoms with Crippen molar-refractivity contribution in [2.75, 3.05) is 11.1 Å². The number of rotatable bonds is 6. The van der Waals surface area contributed by atoms with E-state index in [-0.39, 0.29) is 42.5 Å². The Hall–Kier alpha value is -4.73. The first-order chi connectivity index (χ1) is 17.5. The van der Waals surface area contributed by atoms with Gasteiger partial charge in [-0.3, -0.25) is 4.79 Å². The summed E-state index contributed by atoms with van der Waals surface area (Å²) in [5, 5.41) is 3.07. The number of esters is 1. The van der Waals surface area contributed by atoms with Crippen LogP contribution in [0.1, 0.15) is 33.1 Å². The van der Waals surface area contributed by atoms with Gasteiger partial charge in [-0.15, -0.1) is 0 Å². The van der Waals surface area contributed by atoms with E-state index in [4.69, 9.17) is 14.9 Å². The molecular weight excluding hydrogens is 460 g/mol. The van der Waals surface area contributed by atoms with Crippen LogP contribution in [0.5, 0.6) is 0 Å². The van der Waals surface area contributed by atoms with E-state index in [1.54, 1.807) is 12.1 Å². The van der Waals surface area contributed by atoms with Gasteiger partial charge in [0.25, 0.3) is 5.91 Å². The normalized spacial score (nSPS) is 14.7. The summed E-state index contributed by atoms with van der Waals surface area (Å²) in [5.41, 5.74) is 9.70. The maximum Gasteiger partial charge on any atom is 0.329 e. The Bertz CT molecular complexity index is 1390. The molecule has 2 aromatic carbocycles. The fraction of sp³-hybridized carbons (Fsp3) is 0.192. The number of aromatic nitrogens is 3. The molecule has 2 aromatic heterocycles. The molecule has 0 saturated carbocycles. The second-order valence-corrected chi connectivity index (χ2v) is 8.43. The van der Waals surface area contributed by atoms with Gasteiger partial charge in [0.2, 0.25) is 11.9 Å². The number of nitrogens with two attached hydrogens (primary N) is 1. The summed E-state index contributed by atoms with van der Waals surface area (Å²) in [7, 11) is 0. The van der Waals surface area contributed by atoms with E-state index < -0.39 is 12.0 Å². The lowest BCUT2D eigenvalue weighted by molar-refractivity contribution is -0.151. The van der Waals surface area contributed by atoms with Crippen molar-refractivity contribution >= 4 is 29.5 Å². The van der Waals surface area contributed by atoms with Gasteiger partial charge in [-0.2, -0.15) is 15.0 Å². The van der Waals surface area contributed by atoms with Crippen LogP contribution in [0.4, 0.5) is 17.6 Å². The molecule has 0 aliphatic carbocycles. The van der Waals surface area contributed by atoms with Crippen LogP contribution in [-0.4, -0.2) is 37.8 Å². The summed E-state index contributed by atoms with van der Waals surface area (Å²) in [6, 6.07) is 17.7. The van der Waals surface area contributed by atoms with Gasteiger partial charge < -0.3 is 25.1 Å². The third-order valence-electron chi connectivity index (χ3n) is 5.86. The Kier molecular flexibility index (Phi) is 6.31. The number of nitrogen functional groups attached to an aromatic ring is 1. The number of carbonyl (C=O) groups excluding carboxylic acids is 2. The molecular formula is C26H24N6O4.